The number of nitrogens with zero attached hydrogens (tertiary/aromatic N) is 2. The second-order valence-electron chi connectivity index (χ2n) is 8.92. The molecule has 4 rings (SSSR count). The van der Waals surface area contributed by atoms with E-state index in [1.165, 1.54) is 0 Å². The topological polar surface area (TPSA) is 95.1 Å². The number of alkyl halides is 1. The summed E-state index contributed by atoms with van der Waals surface area (Å²) in [5.74, 6) is -0.544. The first-order valence-corrected chi connectivity index (χ1v) is 14.7. The summed E-state index contributed by atoms with van der Waals surface area (Å²) in [5, 5.41) is 0.571. The molecule has 0 aliphatic heterocycles. The number of unbranched alkanes of at least 4 members (excludes halogenated alkanes) is 1. The maximum absolute atomic E-state index is 13.3. The first kappa shape index (κ1) is 27.5. The number of sulfone groups is 1. The van der Waals surface area contributed by atoms with Gasteiger partial charge in [0.15, 0.2) is 14.0 Å². The van der Waals surface area contributed by atoms with Gasteiger partial charge in [0.2, 0.25) is 0 Å². The third-order valence-electron chi connectivity index (χ3n) is 6.38. The molecule has 10 heteroatoms. The SMILES string of the molecule is CCCCc1c(C(N)=O)nc(-c2c(Cl)cccc2Cl)n1C1=CC=C(c2ccccc2)CC1(Cl)S(C)(=O)=O. The van der Waals surface area contributed by atoms with Crippen LogP contribution in [0.15, 0.2) is 60.7 Å². The number of benzene rings is 2. The van der Waals surface area contributed by atoms with E-state index in [-0.39, 0.29) is 33.7 Å². The highest BCUT2D eigenvalue weighted by atomic mass is 35.5. The van der Waals surface area contributed by atoms with Gasteiger partial charge in [-0.25, -0.2) is 13.4 Å². The number of rotatable bonds is 8. The molecule has 1 aliphatic carbocycles. The third-order valence-corrected chi connectivity index (χ3v) is 9.70. The highest BCUT2D eigenvalue weighted by molar-refractivity contribution is 7.94. The summed E-state index contributed by atoms with van der Waals surface area (Å²) in [6.07, 6.45) is 6.53. The van der Waals surface area contributed by atoms with E-state index in [4.69, 9.17) is 40.5 Å². The zero-order valence-electron chi connectivity index (χ0n) is 20.3. The van der Waals surface area contributed by atoms with Crippen molar-refractivity contribution in [2.45, 2.75) is 36.8 Å². The lowest BCUT2D eigenvalue weighted by molar-refractivity contribution is 0.0995. The standard InChI is InChI=1S/C27H26Cl3N3O3S/c1-3-4-13-21-24(25(31)34)32-26(23-19(28)11-8-12-20(23)29)33(21)22-15-14-18(17-9-6-5-7-10-17)16-27(22,30)37(2,35)36/h5-12,14-15H,3-4,13,16H2,1-2H3,(H2,31,34). The van der Waals surface area contributed by atoms with Crippen molar-refractivity contribution in [3.8, 4) is 11.4 Å². The molecule has 37 heavy (non-hydrogen) atoms. The van der Waals surface area contributed by atoms with Gasteiger partial charge in [-0.2, -0.15) is 0 Å². The van der Waals surface area contributed by atoms with E-state index in [1.807, 2.05) is 43.3 Å². The van der Waals surface area contributed by atoms with Crippen molar-refractivity contribution in [1.29, 1.82) is 0 Å². The Labute approximate surface area is 231 Å². The number of nitrogens with two attached hydrogens (primary N) is 1. The van der Waals surface area contributed by atoms with E-state index in [1.54, 1.807) is 28.8 Å². The summed E-state index contributed by atoms with van der Waals surface area (Å²) in [5.41, 5.74) is 8.41. The lowest BCUT2D eigenvalue weighted by atomic mass is 9.94. The Kier molecular flexibility index (Phi) is 7.91. The molecule has 2 N–H and O–H groups in total. The van der Waals surface area contributed by atoms with Gasteiger partial charge in [-0.15, -0.1) is 0 Å². The molecule has 3 aromatic rings. The first-order chi connectivity index (χ1) is 17.5. The van der Waals surface area contributed by atoms with Gasteiger partial charge < -0.3 is 5.73 Å². The quantitative estimate of drug-likeness (QED) is 0.304. The van der Waals surface area contributed by atoms with Crippen molar-refractivity contribution in [1.82, 2.24) is 9.55 Å². The number of amides is 1. The Morgan fingerprint density at radius 2 is 1.73 bits per heavy atom. The molecule has 1 amide bonds. The summed E-state index contributed by atoms with van der Waals surface area (Å²) >= 11 is 20.2. The Morgan fingerprint density at radius 3 is 2.30 bits per heavy atom. The summed E-state index contributed by atoms with van der Waals surface area (Å²) in [6.45, 7) is 2.01. The molecule has 0 saturated carbocycles. The number of allylic oxidation sites excluding steroid dienone is 3. The molecule has 1 aromatic heterocycles. The second kappa shape index (κ2) is 10.7. The molecule has 0 saturated heterocycles. The minimum absolute atomic E-state index is 0.00374. The zero-order chi connectivity index (χ0) is 27.0. The fraction of sp³-hybridized carbons (Fsp3) is 0.259. The van der Waals surface area contributed by atoms with Crippen LogP contribution in [0.5, 0.6) is 0 Å². The van der Waals surface area contributed by atoms with Crippen molar-refractivity contribution in [2.24, 2.45) is 5.73 Å². The van der Waals surface area contributed by atoms with Crippen LogP contribution in [0.25, 0.3) is 22.7 Å². The fourth-order valence-corrected chi connectivity index (χ4v) is 6.29. The molecule has 2 aromatic carbocycles. The van der Waals surface area contributed by atoms with Crippen LogP contribution in [0.3, 0.4) is 0 Å². The van der Waals surface area contributed by atoms with E-state index >= 15 is 0 Å². The maximum atomic E-state index is 13.3. The minimum atomic E-state index is -3.91. The maximum Gasteiger partial charge on any atom is 0.269 e. The normalized spacial score (nSPS) is 17.9. The number of carbonyl (C=O) groups is 1. The third kappa shape index (κ3) is 5.10. The molecule has 1 heterocycles. The van der Waals surface area contributed by atoms with Gasteiger partial charge in [0, 0.05) is 12.7 Å². The van der Waals surface area contributed by atoms with E-state index < -0.39 is 20.0 Å². The van der Waals surface area contributed by atoms with Gasteiger partial charge in [0.1, 0.15) is 11.5 Å². The molecule has 6 nitrogen and oxygen atoms in total. The largest absolute Gasteiger partial charge is 0.364 e. The summed E-state index contributed by atoms with van der Waals surface area (Å²) in [7, 11) is -3.91. The van der Waals surface area contributed by atoms with Crippen LogP contribution in [-0.4, -0.2) is 34.3 Å². The minimum Gasteiger partial charge on any atom is -0.364 e. The average Bonchev–Trinajstić information content (AvgIpc) is 3.21. The number of carbonyl (C=O) groups excluding carboxylic acids is 1. The molecular formula is C27H26Cl3N3O3S. The smallest absolute Gasteiger partial charge is 0.269 e. The molecule has 194 valence electrons. The molecule has 0 spiro atoms. The Morgan fingerprint density at radius 1 is 1.08 bits per heavy atom. The number of imidazole rings is 1. The van der Waals surface area contributed by atoms with Gasteiger partial charge in [0.25, 0.3) is 5.91 Å². The molecule has 1 atom stereocenters. The molecule has 0 radical (unpaired) electrons. The summed E-state index contributed by atoms with van der Waals surface area (Å²) in [4.78, 5) is 17.1. The molecule has 0 fully saturated rings. The predicted molar refractivity (Wildman–Crippen MR) is 152 cm³/mol. The summed E-state index contributed by atoms with van der Waals surface area (Å²) in [6, 6.07) is 14.4. The average molecular weight is 579 g/mol. The van der Waals surface area contributed by atoms with Crippen molar-refractivity contribution >= 4 is 61.8 Å². The van der Waals surface area contributed by atoms with Gasteiger partial charge in [-0.1, -0.05) is 90.6 Å². The van der Waals surface area contributed by atoms with Gasteiger partial charge in [-0.05, 0) is 42.2 Å². The zero-order valence-corrected chi connectivity index (χ0v) is 23.4. The number of halogens is 3. The molecule has 1 aliphatic rings. The van der Waals surface area contributed by atoms with Crippen LogP contribution in [0.4, 0.5) is 0 Å². The number of hydrogen-bond donors (Lipinski definition) is 1. The van der Waals surface area contributed by atoms with E-state index in [2.05, 4.69) is 4.98 Å². The Hall–Kier alpha value is -2.58. The Balaban J connectivity index is 2.10. The van der Waals surface area contributed by atoms with E-state index in [0.717, 1.165) is 23.8 Å². The molecule has 0 bridgehead atoms. The molecule has 1 unspecified atom stereocenters. The first-order valence-electron chi connectivity index (χ1n) is 11.7. The van der Waals surface area contributed by atoms with Crippen molar-refractivity contribution in [2.75, 3.05) is 6.26 Å². The van der Waals surface area contributed by atoms with Crippen molar-refractivity contribution in [3.05, 3.63) is 87.7 Å². The van der Waals surface area contributed by atoms with Gasteiger partial charge in [0.05, 0.1) is 27.0 Å². The van der Waals surface area contributed by atoms with Crippen LogP contribution >= 0.6 is 34.8 Å². The van der Waals surface area contributed by atoms with Crippen LogP contribution in [-0.2, 0) is 16.3 Å². The molecular weight excluding hydrogens is 553 g/mol. The fourth-order valence-electron chi connectivity index (χ4n) is 4.48. The van der Waals surface area contributed by atoms with Gasteiger partial charge >= 0.3 is 0 Å². The van der Waals surface area contributed by atoms with Crippen LogP contribution in [0.2, 0.25) is 10.0 Å². The van der Waals surface area contributed by atoms with Crippen LogP contribution in [0.1, 0.15) is 47.9 Å². The van der Waals surface area contributed by atoms with Crippen LogP contribution < -0.4 is 5.73 Å². The van der Waals surface area contributed by atoms with E-state index in [9.17, 15) is 13.2 Å². The lowest BCUT2D eigenvalue weighted by Crippen LogP contribution is -2.38. The van der Waals surface area contributed by atoms with E-state index in [0.29, 0.717) is 24.1 Å². The Bertz CT molecular complexity index is 1510. The highest BCUT2D eigenvalue weighted by Gasteiger charge is 2.47. The monoisotopic (exact) mass is 577 g/mol. The number of primary amides is 1. The van der Waals surface area contributed by atoms with Crippen LogP contribution in [0, 0.1) is 0 Å². The number of hydrogen-bond acceptors (Lipinski definition) is 4. The predicted octanol–water partition coefficient (Wildman–Crippen LogP) is 6.61. The van der Waals surface area contributed by atoms with Crippen molar-refractivity contribution < 1.29 is 13.2 Å². The number of aromatic nitrogens is 2. The lowest BCUT2D eigenvalue weighted by Gasteiger charge is -2.34. The second-order valence-corrected chi connectivity index (χ2v) is 12.8. The van der Waals surface area contributed by atoms with Crippen molar-refractivity contribution in [3.63, 3.8) is 0 Å². The highest BCUT2D eigenvalue weighted by Crippen LogP contribution is 2.48. The van der Waals surface area contributed by atoms with Gasteiger partial charge in [-0.3, -0.25) is 9.36 Å². The summed E-state index contributed by atoms with van der Waals surface area (Å²) < 4.78 is 26.4.